The summed E-state index contributed by atoms with van der Waals surface area (Å²) in [5.74, 6) is 0.562. The van der Waals surface area contributed by atoms with Crippen LogP contribution in [-0.4, -0.2) is 26.8 Å². The van der Waals surface area contributed by atoms with Crippen LogP contribution in [-0.2, 0) is 20.0 Å². The van der Waals surface area contributed by atoms with E-state index in [9.17, 15) is 16.8 Å². The number of hydrogen-bond acceptors (Lipinski definition) is 6. The minimum Gasteiger partial charge on any atom is -0.280 e. The lowest BCUT2D eigenvalue weighted by molar-refractivity contribution is 0.600. The topological polar surface area (TPSA) is 118 Å². The van der Waals surface area contributed by atoms with Crippen LogP contribution in [0.3, 0.4) is 0 Å². The zero-order chi connectivity index (χ0) is 20.4. The number of halogens is 1. The number of anilines is 2. The van der Waals surface area contributed by atoms with E-state index in [2.05, 4.69) is 19.4 Å². The lowest BCUT2D eigenvalue weighted by Crippen LogP contribution is -2.15. The fraction of sp³-hybridized carbons (Fsp3) is 0.0588. The number of hydrogen-bond donors (Lipinski definition) is 2. The minimum absolute atomic E-state index is 0.0365. The van der Waals surface area contributed by atoms with Gasteiger partial charge < -0.3 is 0 Å². The summed E-state index contributed by atoms with van der Waals surface area (Å²) in [5, 5.41) is 0.417. The maximum Gasteiger partial charge on any atom is 0.263 e. The van der Waals surface area contributed by atoms with Gasteiger partial charge >= 0.3 is 0 Å². The van der Waals surface area contributed by atoms with Crippen molar-refractivity contribution in [2.45, 2.75) is 16.7 Å². The number of aryl methyl sites for hydroxylation is 1. The van der Waals surface area contributed by atoms with E-state index in [1.807, 2.05) is 0 Å². The number of sulfonamides is 2. The molecule has 28 heavy (non-hydrogen) atoms. The highest BCUT2D eigenvalue weighted by Gasteiger charge is 2.17. The Morgan fingerprint density at radius 1 is 0.786 bits per heavy atom. The zero-order valence-electron chi connectivity index (χ0n) is 14.5. The van der Waals surface area contributed by atoms with E-state index in [1.54, 1.807) is 6.92 Å². The molecule has 0 spiro atoms. The fourth-order valence-electron chi connectivity index (χ4n) is 2.24. The highest BCUT2D eigenvalue weighted by atomic mass is 35.5. The summed E-state index contributed by atoms with van der Waals surface area (Å²) in [6.07, 6.45) is 1.44. The van der Waals surface area contributed by atoms with Crippen LogP contribution in [0.5, 0.6) is 0 Å². The molecule has 0 saturated carbocycles. The van der Waals surface area contributed by atoms with Gasteiger partial charge in [0, 0.05) is 16.9 Å². The second-order valence-corrected chi connectivity index (χ2v) is 9.48. The molecule has 0 aliphatic carbocycles. The molecule has 0 saturated heterocycles. The van der Waals surface area contributed by atoms with E-state index < -0.39 is 20.0 Å². The van der Waals surface area contributed by atoms with Crippen LogP contribution >= 0.6 is 11.6 Å². The molecule has 0 atom stereocenters. The van der Waals surface area contributed by atoms with Crippen molar-refractivity contribution >= 4 is 43.2 Å². The van der Waals surface area contributed by atoms with Crippen molar-refractivity contribution < 1.29 is 16.8 Å². The first-order valence-electron chi connectivity index (χ1n) is 7.87. The first-order valence-corrected chi connectivity index (χ1v) is 11.2. The molecule has 0 bridgehead atoms. The average Bonchev–Trinajstić information content (AvgIpc) is 2.62. The van der Waals surface area contributed by atoms with E-state index in [0.29, 0.717) is 10.8 Å². The average molecular weight is 439 g/mol. The summed E-state index contributed by atoms with van der Waals surface area (Å²) in [7, 11) is -7.70. The first kappa shape index (κ1) is 20.1. The molecule has 0 amide bonds. The monoisotopic (exact) mass is 438 g/mol. The van der Waals surface area contributed by atoms with Crippen molar-refractivity contribution in [2.75, 3.05) is 9.44 Å². The Bertz CT molecular complexity index is 1200. The second kappa shape index (κ2) is 7.74. The van der Waals surface area contributed by atoms with Crippen LogP contribution in [0.2, 0.25) is 5.02 Å². The summed E-state index contributed by atoms with van der Waals surface area (Å²) < 4.78 is 54.3. The lowest BCUT2D eigenvalue weighted by atomic mass is 10.3. The van der Waals surface area contributed by atoms with Crippen LogP contribution in [0.15, 0.2) is 70.6 Å². The van der Waals surface area contributed by atoms with Crippen molar-refractivity contribution in [1.29, 1.82) is 0 Å². The molecular weight excluding hydrogens is 424 g/mol. The van der Waals surface area contributed by atoms with Crippen LogP contribution in [0.25, 0.3) is 0 Å². The summed E-state index contributed by atoms with van der Waals surface area (Å²) >= 11 is 5.76. The van der Waals surface area contributed by atoms with Gasteiger partial charge in [0.2, 0.25) is 0 Å². The number of aromatic nitrogens is 2. The molecule has 0 unspecified atom stereocenters. The standard InChI is InChI=1S/C17H15ClN4O4S2/c1-12-19-11-10-17(20-12)22-28(25,26)16-8-4-14(5-9-16)21-27(23,24)15-6-2-13(18)3-7-15/h2-11,21H,1H3,(H,19,20,22). The summed E-state index contributed by atoms with van der Waals surface area (Å²) in [6.45, 7) is 1.64. The maximum atomic E-state index is 12.4. The van der Waals surface area contributed by atoms with Gasteiger partial charge in [0.15, 0.2) is 0 Å². The Morgan fingerprint density at radius 3 is 1.89 bits per heavy atom. The summed E-state index contributed by atoms with van der Waals surface area (Å²) in [6, 6.07) is 12.4. The van der Waals surface area contributed by atoms with Crippen molar-refractivity contribution in [2.24, 2.45) is 0 Å². The number of rotatable bonds is 6. The van der Waals surface area contributed by atoms with E-state index in [1.165, 1.54) is 60.8 Å². The third-order valence-corrected chi connectivity index (χ3v) is 6.58. The van der Waals surface area contributed by atoms with E-state index in [4.69, 9.17) is 11.6 Å². The van der Waals surface area contributed by atoms with Crippen LogP contribution in [0.4, 0.5) is 11.5 Å². The van der Waals surface area contributed by atoms with Crippen LogP contribution in [0, 0.1) is 6.92 Å². The van der Waals surface area contributed by atoms with Crippen LogP contribution in [0.1, 0.15) is 5.82 Å². The van der Waals surface area contributed by atoms with Crippen molar-refractivity contribution in [3.05, 3.63) is 71.6 Å². The molecule has 1 heterocycles. The molecule has 2 N–H and O–H groups in total. The Balaban J connectivity index is 1.78. The molecule has 2 aromatic carbocycles. The summed E-state index contributed by atoms with van der Waals surface area (Å²) in [4.78, 5) is 7.88. The molecule has 11 heteroatoms. The largest absolute Gasteiger partial charge is 0.280 e. The van der Waals surface area contributed by atoms with Crippen molar-refractivity contribution in [3.8, 4) is 0 Å². The molecular formula is C17H15ClN4O4S2. The SMILES string of the molecule is Cc1nccc(NS(=O)(=O)c2ccc(NS(=O)(=O)c3ccc(Cl)cc3)cc2)n1. The Kier molecular flexibility index (Phi) is 5.54. The molecule has 8 nitrogen and oxygen atoms in total. The Morgan fingerprint density at radius 2 is 1.32 bits per heavy atom. The van der Waals surface area contributed by atoms with Gasteiger partial charge in [-0.25, -0.2) is 26.8 Å². The third kappa shape index (κ3) is 4.77. The zero-order valence-corrected chi connectivity index (χ0v) is 16.9. The van der Waals surface area contributed by atoms with E-state index in [0.717, 1.165) is 0 Å². The van der Waals surface area contributed by atoms with Crippen molar-refractivity contribution in [1.82, 2.24) is 9.97 Å². The first-order chi connectivity index (χ1) is 13.2. The lowest BCUT2D eigenvalue weighted by Gasteiger charge is -2.10. The number of benzene rings is 2. The Labute approximate surface area is 167 Å². The quantitative estimate of drug-likeness (QED) is 0.610. The molecule has 3 rings (SSSR count). The molecule has 0 radical (unpaired) electrons. The van der Waals surface area contributed by atoms with Gasteiger partial charge in [-0.05, 0) is 61.5 Å². The molecule has 1 aromatic heterocycles. The predicted octanol–water partition coefficient (Wildman–Crippen LogP) is 3.04. The highest BCUT2D eigenvalue weighted by molar-refractivity contribution is 7.93. The maximum absolute atomic E-state index is 12.4. The molecule has 0 aliphatic heterocycles. The van der Waals surface area contributed by atoms with Gasteiger partial charge in [-0.3, -0.25) is 9.44 Å². The molecule has 146 valence electrons. The van der Waals surface area contributed by atoms with Crippen molar-refractivity contribution in [3.63, 3.8) is 0 Å². The van der Waals surface area contributed by atoms with Gasteiger partial charge in [0.25, 0.3) is 20.0 Å². The second-order valence-electron chi connectivity index (χ2n) is 5.68. The van der Waals surface area contributed by atoms with E-state index >= 15 is 0 Å². The molecule has 0 fully saturated rings. The predicted molar refractivity (Wildman–Crippen MR) is 106 cm³/mol. The van der Waals surface area contributed by atoms with Crippen LogP contribution < -0.4 is 9.44 Å². The number of nitrogens with zero attached hydrogens (tertiary/aromatic N) is 2. The Hall–Kier alpha value is -2.69. The number of nitrogens with one attached hydrogen (secondary N) is 2. The van der Waals surface area contributed by atoms with Gasteiger partial charge in [-0.1, -0.05) is 11.6 Å². The minimum atomic E-state index is -3.88. The molecule has 3 aromatic rings. The van der Waals surface area contributed by atoms with Gasteiger partial charge in [0.05, 0.1) is 9.79 Å². The van der Waals surface area contributed by atoms with Gasteiger partial charge in [-0.15, -0.1) is 0 Å². The highest BCUT2D eigenvalue weighted by Crippen LogP contribution is 2.21. The van der Waals surface area contributed by atoms with Gasteiger partial charge in [-0.2, -0.15) is 0 Å². The smallest absolute Gasteiger partial charge is 0.263 e. The molecule has 0 aliphatic rings. The van der Waals surface area contributed by atoms with E-state index in [-0.39, 0.29) is 21.3 Å². The van der Waals surface area contributed by atoms with Gasteiger partial charge in [0.1, 0.15) is 11.6 Å². The fourth-order valence-corrected chi connectivity index (χ4v) is 4.43. The third-order valence-electron chi connectivity index (χ3n) is 3.56. The summed E-state index contributed by atoms with van der Waals surface area (Å²) in [5.41, 5.74) is 0.215. The normalized spacial score (nSPS) is 11.8.